The van der Waals surface area contributed by atoms with Crippen molar-refractivity contribution in [2.75, 3.05) is 13.1 Å². The first-order valence-electron chi connectivity index (χ1n) is 9.48. The summed E-state index contributed by atoms with van der Waals surface area (Å²) in [6, 6.07) is 12.3. The van der Waals surface area contributed by atoms with Gasteiger partial charge in [0.15, 0.2) is 0 Å². The van der Waals surface area contributed by atoms with E-state index in [4.69, 9.17) is 5.10 Å². The van der Waals surface area contributed by atoms with E-state index in [0.717, 1.165) is 49.3 Å². The lowest BCUT2D eigenvalue weighted by atomic mass is 10.0. The summed E-state index contributed by atoms with van der Waals surface area (Å²) in [6.45, 7) is 1.51. The summed E-state index contributed by atoms with van der Waals surface area (Å²) in [4.78, 5) is 14.7. The summed E-state index contributed by atoms with van der Waals surface area (Å²) in [5.74, 6) is 0.221. The van der Waals surface area contributed by atoms with Crippen molar-refractivity contribution in [2.45, 2.75) is 25.7 Å². The molecule has 4 rings (SSSR count). The van der Waals surface area contributed by atoms with Crippen molar-refractivity contribution >= 4 is 5.91 Å². The van der Waals surface area contributed by atoms with E-state index in [1.165, 1.54) is 11.3 Å². The van der Waals surface area contributed by atoms with Crippen LogP contribution in [0.15, 0.2) is 42.6 Å². The van der Waals surface area contributed by atoms with Crippen molar-refractivity contribution < 1.29 is 4.79 Å². The molecule has 3 aromatic rings. The highest BCUT2D eigenvalue weighted by Gasteiger charge is 2.24. The lowest BCUT2D eigenvalue weighted by molar-refractivity contribution is -0.131. The summed E-state index contributed by atoms with van der Waals surface area (Å²) >= 11 is 0. The van der Waals surface area contributed by atoms with Gasteiger partial charge in [-0.05, 0) is 18.9 Å². The van der Waals surface area contributed by atoms with Crippen molar-refractivity contribution in [3.63, 3.8) is 0 Å². The SMILES string of the molecule is Cn1nccc1CCC(=O)N1CCc2c(-c3ccccc3)nn(C)c2CC1. The van der Waals surface area contributed by atoms with Gasteiger partial charge in [-0.3, -0.25) is 14.2 Å². The van der Waals surface area contributed by atoms with E-state index in [-0.39, 0.29) is 5.91 Å². The van der Waals surface area contributed by atoms with Crippen LogP contribution >= 0.6 is 0 Å². The van der Waals surface area contributed by atoms with Gasteiger partial charge >= 0.3 is 0 Å². The summed E-state index contributed by atoms with van der Waals surface area (Å²) in [7, 11) is 3.92. The van der Waals surface area contributed by atoms with Crippen LogP contribution in [0.25, 0.3) is 11.3 Å². The molecule has 0 atom stereocenters. The zero-order valence-corrected chi connectivity index (χ0v) is 15.9. The van der Waals surface area contributed by atoms with Gasteiger partial charge in [0.05, 0.1) is 5.69 Å². The molecule has 140 valence electrons. The first kappa shape index (κ1) is 17.5. The molecule has 0 N–H and O–H groups in total. The maximum atomic E-state index is 12.7. The predicted octanol–water partition coefficient (Wildman–Crippen LogP) is 2.38. The third kappa shape index (κ3) is 3.52. The molecule has 1 aromatic carbocycles. The number of nitrogens with zero attached hydrogens (tertiary/aromatic N) is 5. The van der Waals surface area contributed by atoms with Gasteiger partial charge in [0.1, 0.15) is 0 Å². The van der Waals surface area contributed by atoms with Gasteiger partial charge in [0.25, 0.3) is 0 Å². The van der Waals surface area contributed by atoms with Gasteiger partial charge < -0.3 is 4.90 Å². The monoisotopic (exact) mass is 363 g/mol. The number of carbonyl (C=O) groups excluding carboxylic acids is 1. The topological polar surface area (TPSA) is 56.0 Å². The van der Waals surface area contributed by atoms with Crippen molar-refractivity contribution in [1.82, 2.24) is 24.5 Å². The Morgan fingerprint density at radius 3 is 2.56 bits per heavy atom. The molecule has 6 heteroatoms. The van der Waals surface area contributed by atoms with Crippen molar-refractivity contribution in [3.05, 3.63) is 59.5 Å². The van der Waals surface area contributed by atoms with Gasteiger partial charge in [-0.15, -0.1) is 0 Å². The smallest absolute Gasteiger partial charge is 0.222 e. The standard InChI is InChI=1S/C21H25N5O/c1-24-17(10-13-22-24)8-9-20(27)26-14-11-18-19(12-15-26)25(2)23-21(18)16-6-4-3-5-7-16/h3-7,10,13H,8-9,11-12,14-15H2,1-2H3. The Morgan fingerprint density at radius 1 is 1.04 bits per heavy atom. The second-order valence-electron chi connectivity index (χ2n) is 7.09. The average molecular weight is 363 g/mol. The number of benzene rings is 1. The minimum absolute atomic E-state index is 0.221. The first-order chi connectivity index (χ1) is 13.1. The molecule has 1 aliphatic heterocycles. The highest BCUT2D eigenvalue weighted by molar-refractivity contribution is 5.76. The molecule has 2 aromatic heterocycles. The summed E-state index contributed by atoms with van der Waals surface area (Å²) < 4.78 is 3.82. The maximum absolute atomic E-state index is 12.7. The van der Waals surface area contributed by atoms with E-state index >= 15 is 0 Å². The molecule has 0 saturated carbocycles. The molecule has 0 saturated heterocycles. The van der Waals surface area contributed by atoms with E-state index in [0.29, 0.717) is 6.42 Å². The number of rotatable bonds is 4. The summed E-state index contributed by atoms with van der Waals surface area (Å²) in [6.07, 6.45) is 4.74. The van der Waals surface area contributed by atoms with Gasteiger partial charge in [0, 0.05) is 68.7 Å². The predicted molar refractivity (Wildman–Crippen MR) is 104 cm³/mol. The van der Waals surface area contributed by atoms with Crippen molar-refractivity contribution in [1.29, 1.82) is 0 Å². The molecule has 0 spiro atoms. The van der Waals surface area contributed by atoms with Gasteiger partial charge in [-0.2, -0.15) is 10.2 Å². The van der Waals surface area contributed by atoms with Crippen molar-refractivity contribution in [3.8, 4) is 11.3 Å². The average Bonchev–Trinajstić information content (AvgIpc) is 3.14. The number of hydrogen-bond acceptors (Lipinski definition) is 3. The summed E-state index contributed by atoms with van der Waals surface area (Å²) in [5.41, 5.74) is 5.82. The van der Waals surface area contributed by atoms with Crippen LogP contribution in [0.3, 0.4) is 0 Å². The molecule has 1 aliphatic rings. The van der Waals surface area contributed by atoms with Crippen LogP contribution in [0.4, 0.5) is 0 Å². The van der Waals surface area contributed by atoms with Gasteiger partial charge in [0.2, 0.25) is 5.91 Å². The van der Waals surface area contributed by atoms with E-state index in [1.54, 1.807) is 6.20 Å². The van der Waals surface area contributed by atoms with Crippen LogP contribution in [-0.4, -0.2) is 43.5 Å². The minimum Gasteiger partial charge on any atom is -0.342 e. The first-order valence-corrected chi connectivity index (χ1v) is 9.48. The molecule has 27 heavy (non-hydrogen) atoms. The normalized spacial score (nSPS) is 14.1. The maximum Gasteiger partial charge on any atom is 0.222 e. The van der Waals surface area contributed by atoms with Crippen LogP contribution in [-0.2, 0) is 38.2 Å². The second-order valence-corrected chi connectivity index (χ2v) is 7.09. The number of amides is 1. The van der Waals surface area contributed by atoms with Crippen LogP contribution in [0.5, 0.6) is 0 Å². The molecule has 0 fully saturated rings. The Balaban J connectivity index is 1.47. The molecule has 0 bridgehead atoms. The zero-order chi connectivity index (χ0) is 18.8. The fraction of sp³-hybridized carbons (Fsp3) is 0.381. The Bertz CT molecular complexity index is 941. The molecular formula is C21H25N5O. The molecular weight excluding hydrogens is 338 g/mol. The Morgan fingerprint density at radius 2 is 1.81 bits per heavy atom. The number of fused-ring (bicyclic) bond motifs is 1. The lowest BCUT2D eigenvalue weighted by Crippen LogP contribution is -2.33. The highest BCUT2D eigenvalue weighted by atomic mass is 16.2. The number of carbonyl (C=O) groups is 1. The van der Waals surface area contributed by atoms with Crippen LogP contribution in [0.2, 0.25) is 0 Å². The van der Waals surface area contributed by atoms with Gasteiger partial charge in [-0.25, -0.2) is 0 Å². The van der Waals surface area contributed by atoms with Gasteiger partial charge in [-0.1, -0.05) is 30.3 Å². The molecule has 1 amide bonds. The molecule has 0 unspecified atom stereocenters. The molecule has 0 radical (unpaired) electrons. The third-order valence-corrected chi connectivity index (χ3v) is 5.44. The fourth-order valence-electron chi connectivity index (χ4n) is 3.89. The van der Waals surface area contributed by atoms with E-state index < -0.39 is 0 Å². The van der Waals surface area contributed by atoms with Crippen LogP contribution < -0.4 is 0 Å². The number of aryl methyl sites for hydroxylation is 3. The molecule has 6 nitrogen and oxygen atoms in total. The van der Waals surface area contributed by atoms with Crippen LogP contribution in [0, 0.1) is 0 Å². The van der Waals surface area contributed by atoms with Crippen LogP contribution in [0.1, 0.15) is 23.4 Å². The third-order valence-electron chi connectivity index (χ3n) is 5.44. The Hall–Kier alpha value is -2.89. The quantitative estimate of drug-likeness (QED) is 0.715. The Kier molecular flexibility index (Phi) is 4.79. The highest BCUT2D eigenvalue weighted by Crippen LogP contribution is 2.28. The van der Waals surface area contributed by atoms with Crippen molar-refractivity contribution in [2.24, 2.45) is 14.1 Å². The lowest BCUT2D eigenvalue weighted by Gasteiger charge is -2.20. The summed E-state index contributed by atoms with van der Waals surface area (Å²) in [5, 5.41) is 8.93. The number of aromatic nitrogens is 4. The fourth-order valence-corrected chi connectivity index (χ4v) is 3.89. The molecule has 3 heterocycles. The Labute approximate surface area is 159 Å². The minimum atomic E-state index is 0.221. The van der Waals surface area contributed by atoms with E-state index in [1.807, 2.05) is 52.6 Å². The van der Waals surface area contributed by atoms with E-state index in [2.05, 4.69) is 17.2 Å². The second kappa shape index (κ2) is 7.39. The largest absolute Gasteiger partial charge is 0.342 e. The molecule has 0 aliphatic carbocycles. The zero-order valence-electron chi connectivity index (χ0n) is 15.9. The van der Waals surface area contributed by atoms with E-state index in [9.17, 15) is 4.79 Å². The number of hydrogen-bond donors (Lipinski definition) is 0.